The van der Waals surface area contributed by atoms with Crippen LogP contribution in [0.15, 0.2) is 17.5 Å². The molecule has 0 fully saturated rings. The van der Waals surface area contributed by atoms with Crippen molar-refractivity contribution >= 4 is 33.0 Å². The second-order valence-electron chi connectivity index (χ2n) is 2.88. The van der Waals surface area contributed by atoms with Crippen LogP contribution in [0.1, 0.15) is 11.1 Å². The number of benzene rings is 1. The third-order valence-electron chi connectivity index (χ3n) is 1.89. The van der Waals surface area contributed by atoms with Gasteiger partial charge in [-0.3, -0.25) is 0 Å². The minimum atomic E-state index is 0.714. The molecule has 0 N–H and O–H groups in total. The maximum absolute atomic E-state index is 8.82. The van der Waals surface area contributed by atoms with E-state index in [0.717, 1.165) is 20.7 Å². The molecule has 2 rings (SSSR count). The number of aryl methyl sites for hydroxylation is 1. The van der Waals surface area contributed by atoms with Crippen molar-refractivity contribution in [3.8, 4) is 6.07 Å². The average Bonchev–Trinajstić information content (AvgIpc) is 2.47. The molecule has 64 valence electrons. The molecule has 0 saturated heterocycles. The number of halogens is 1. The zero-order chi connectivity index (χ0) is 9.42. The zero-order valence-electron chi connectivity index (χ0n) is 6.97. The highest BCUT2D eigenvalue weighted by Crippen LogP contribution is 2.32. The smallest absolute Gasteiger partial charge is 0.101 e. The molecular formula is C10H6ClNS. The van der Waals surface area contributed by atoms with E-state index in [4.69, 9.17) is 16.9 Å². The van der Waals surface area contributed by atoms with E-state index >= 15 is 0 Å². The summed E-state index contributed by atoms with van der Waals surface area (Å²) >= 11 is 7.55. The van der Waals surface area contributed by atoms with Crippen LogP contribution in [-0.4, -0.2) is 0 Å². The van der Waals surface area contributed by atoms with Gasteiger partial charge in [-0.2, -0.15) is 5.26 Å². The third-order valence-corrected chi connectivity index (χ3v) is 3.33. The van der Waals surface area contributed by atoms with Crippen LogP contribution in [0.4, 0.5) is 0 Å². The molecule has 0 aliphatic heterocycles. The molecule has 0 spiro atoms. The normalized spacial score (nSPS) is 10.2. The summed E-state index contributed by atoms with van der Waals surface area (Å²) in [5, 5.41) is 12.4. The lowest BCUT2D eigenvalue weighted by Gasteiger charge is -1.96. The van der Waals surface area contributed by atoms with Gasteiger partial charge in [0.15, 0.2) is 0 Å². The molecule has 0 amide bonds. The summed E-state index contributed by atoms with van der Waals surface area (Å²) in [6.45, 7) is 1.98. The number of thiophene rings is 1. The largest absolute Gasteiger partial charge is 0.192 e. The fourth-order valence-corrected chi connectivity index (χ4v) is 2.61. The molecule has 1 heterocycles. The van der Waals surface area contributed by atoms with Crippen molar-refractivity contribution in [2.75, 3.05) is 0 Å². The van der Waals surface area contributed by atoms with Crippen molar-refractivity contribution in [3.63, 3.8) is 0 Å². The highest BCUT2D eigenvalue weighted by molar-refractivity contribution is 7.18. The Labute approximate surface area is 85.2 Å². The van der Waals surface area contributed by atoms with E-state index in [1.165, 1.54) is 11.3 Å². The summed E-state index contributed by atoms with van der Waals surface area (Å²) in [6.07, 6.45) is 0. The molecule has 0 unspecified atom stereocenters. The molecule has 13 heavy (non-hydrogen) atoms. The molecule has 0 aliphatic rings. The first kappa shape index (κ1) is 8.55. The SMILES string of the molecule is Cc1cc(Cl)c2scc(C#N)c2c1. The molecule has 0 atom stereocenters. The van der Waals surface area contributed by atoms with Crippen LogP contribution in [-0.2, 0) is 0 Å². The van der Waals surface area contributed by atoms with Crippen molar-refractivity contribution in [2.24, 2.45) is 0 Å². The van der Waals surface area contributed by atoms with Gasteiger partial charge in [-0.05, 0) is 24.6 Å². The van der Waals surface area contributed by atoms with E-state index in [1.54, 1.807) is 0 Å². The number of nitrogens with zero attached hydrogens (tertiary/aromatic N) is 1. The first-order valence-electron chi connectivity index (χ1n) is 3.80. The number of rotatable bonds is 0. The van der Waals surface area contributed by atoms with Gasteiger partial charge in [0.05, 0.1) is 15.3 Å². The Bertz CT molecular complexity index is 507. The molecule has 0 radical (unpaired) electrons. The second kappa shape index (κ2) is 3.02. The summed E-state index contributed by atoms with van der Waals surface area (Å²) in [7, 11) is 0. The topological polar surface area (TPSA) is 23.8 Å². The van der Waals surface area contributed by atoms with Crippen LogP contribution < -0.4 is 0 Å². The van der Waals surface area contributed by atoms with E-state index in [0.29, 0.717) is 5.56 Å². The number of hydrogen-bond donors (Lipinski definition) is 0. The Balaban J connectivity index is 2.92. The lowest BCUT2D eigenvalue weighted by molar-refractivity contribution is 1.49. The van der Waals surface area contributed by atoms with E-state index in [2.05, 4.69) is 6.07 Å². The predicted molar refractivity (Wildman–Crippen MR) is 56.3 cm³/mol. The summed E-state index contributed by atoms with van der Waals surface area (Å²) < 4.78 is 1.00. The van der Waals surface area contributed by atoms with E-state index in [9.17, 15) is 0 Å². The highest BCUT2D eigenvalue weighted by Gasteiger charge is 2.06. The standard InChI is InChI=1S/C10H6ClNS/c1-6-2-8-7(4-12)5-13-10(8)9(11)3-6/h2-3,5H,1H3. The van der Waals surface area contributed by atoms with Crippen molar-refractivity contribution in [3.05, 3.63) is 33.7 Å². The first-order valence-corrected chi connectivity index (χ1v) is 5.05. The fraction of sp³-hybridized carbons (Fsp3) is 0.100. The first-order chi connectivity index (χ1) is 6.22. The fourth-order valence-electron chi connectivity index (χ4n) is 1.32. The maximum atomic E-state index is 8.82. The monoisotopic (exact) mass is 207 g/mol. The summed E-state index contributed by atoms with van der Waals surface area (Å²) in [5.74, 6) is 0. The van der Waals surface area contributed by atoms with Crippen LogP contribution in [0, 0.1) is 18.3 Å². The molecule has 1 nitrogen and oxygen atoms in total. The Hall–Kier alpha value is -1.04. The Morgan fingerprint density at radius 1 is 1.46 bits per heavy atom. The van der Waals surface area contributed by atoms with Gasteiger partial charge in [0, 0.05) is 10.8 Å². The molecule has 0 aliphatic carbocycles. The Kier molecular flexibility index (Phi) is 1.99. The molecule has 1 aromatic heterocycles. The van der Waals surface area contributed by atoms with Crippen molar-refractivity contribution < 1.29 is 0 Å². The maximum Gasteiger partial charge on any atom is 0.101 e. The van der Waals surface area contributed by atoms with E-state index < -0.39 is 0 Å². The summed E-state index contributed by atoms with van der Waals surface area (Å²) in [6, 6.07) is 6.07. The predicted octanol–water partition coefficient (Wildman–Crippen LogP) is 3.73. The lowest BCUT2D eigenvalue weighted by Crippen LogP contribution is -1.74. The van der Waals surface area contributed by atoms with Gasteiger partial charge in [-0.1, -0.05) is 11.6 Å². The Morgan fingerprint density at radius 3 is 2.92 bits per heavy atom. The van der Waals surface area contributed by atoms with Crippen molar-refractivity contribution in [1.82, 2.24) is 0 Å². The minimum absolute atomic E-state index is 0.714. The van der Waals surface area contributed by atoms with Crippen LogP contribution in [0.2, 0.25) is 5.02 Å². The van der Waals surface area contributed by atoms with Crippen molar-refractivity contribution in [2.45, 2.75) is 6.92 Å². The average molecular weight is 208 g/mol. The Morgan fingerprint density at radius 2 is 2.23 bits per heavy atom. The van der Waals surface area contributed by atoms with Crippen molar-refractivity contribution in [1.29, 1.82) is 5.26 Å². The van der Waals surface area contributed by atoms with E-state index in [-0.39, 0.29) is 0 Å². The number of hydrogen-bond acceptors (Lipinski definition) is 2. The second-order valence-corrected chi connectivity index (χ2v) is 4.17. The minimum Gasteiger partial charge on any atom is -0.192 e. The van der Waals surface area contributed by atoms with E-state index in [1.807, 2.05) is 24.4 Å². The molecular weight excluding hydrogens is 202 g/mol. The van der Waals surface area contributed by atoms with Gasteiger partial charge < -0.3 is 0 Å². The summed E-state index contributed by atoms with van der Waals surface area (Å²) in [4.78, 5) is 0. The lowest BCUT2D eigenvalue weighted by atomic mass is 10.1. The van der Waals surface area contributed by atoms with Gasteiger partial charge in [0.2, 0.25) is 0 Å². The number of fused-ring (bicyclic) bond motifs is 1. The molecule has 3 heteroatoms. The van der Waals surface area contributed by atoms with Crippen LogP contribution in [0.3, 0.4) is 0 Å². The van der Waals surface area contributed by atoms with Gasteiger partial charge in [-0.15, -0.1) is 11.3 Å². The quantitative estimate of drug-likeness (QED) is 0.646. The third kappa shape index (κ3) is 1.31. The van der Waals surface area contributed by atoms with Crippen LogP contribution >= 0.6 is 22.9 Å². The van der Waals surface area contributed by atoms with Crippen LogP contribution in [0.25, 0.3) is 10.1 Å². The van der Waals surface area contributed by atoms with Gasteiger partial charge in [-0.25, -0.2) is 0 Å². The molecule has 2 aromatic rings. The highest BCUT2D eigenvalue weighted by atomic mass is 35.5. The molecule has 0 saturated carbocycles. The molecule has 1 aromatic carbocycles. The van der Waals surface area contributed by atoms with Gasteiger partial charge in [0.1, 0.15) is 6.07 Å². The molecule has 0 bridgehead atoms. The van der Waals surface area contributed by atoms with Crippen LogP contribution in [0.5, 0.6) is 0 Å². The van der Waals surface area contributed by atoms with Gasteiger partial charge in [0.25, 0.3) is 0 Å². The number of nitriles is 1. The summed E-state index contributed by atoms with van der Waals surface area (Å²) in [5.41, 5.74) is 1.80. The van der Waals surface area contributed by atoms with Gasteiger partial charge >= 0.3 is 0 Å². The zero-order valence-corrected chi connectivity index (χ0v) is 8.54.